The van der Waals surface area contributed by atoms with Crippen LogP contribution >= 0.6 is 11.3 Å². The summed E-state index contributed by atoms with van der Waals surface area (Å²) in [5, 5.41) is 0. The molecule has 0 radical (unpaired) electrons. The van der Waals surface area contributed by atoms with Gasteiger partial charge in [-0.15, -0.1) is 6.58 Å². The summed E-state index contributed by atoms with van der Waals surface area (Å²) < 4.78 is 43.6. The minimum atomic E-state index is -3.68. The van der Waals surface area contributed by atoms with Crippen LogP contribution in [0.3, 0.4) is 0 Å². The van der Waals surface area contributed by atoms with E-state index >= 15 is 0 Å². The Morgan fingerprint density at radius 1 is 1.28 bits per heavy atom. The number of sulfonamides is 1. The van der Waals surface area contributed by atoms with Gasteiger partial charge in [0.1, 0.15) is 5.82 Å². The topological polar surface area (TPSA) is 71.7 Å². The minimum absolute atomic E-state index is 0.0968. The van der Waals surface area contributed by atoms with Gasteiger partial charge in [0.2, 0.25) is 10.0 Å². The zero-order valence-electron chi connectivity index (χ0n) is 17.7. The van der Waals surface area contributed by atoms with Gasteiger partial charge in [-0.1, -0.05) is 35.1 Å². The number of carbonyl (C=O) groups is 1. The average molecular weight is 474 g/mol. The number of halogens is 1. The monoisotopic (exact) mass is 473 g/mol. The van der Waals surface area contributed by atoms with Crippen LogP contribution in [-0.2, 0) is 21.4 Å². The number of nitrogens with zero attached hydrogens (tertiary/aromatic N) is 3. The highest BCUT2D eigenvalue weighted by atomic mass is 32.2. The van der Waals surface area contributed by atoms with Crippen LogP contribution in [0.5, 0.6) is 0 Å². The Labute approximate surface area is 190 Å². The summed E-state index contributed by atoms with van der Waals surface area (Å²) in [6.07, 6.45) is 2.85. The lowest BCUT2D eigenvalue weighted by atomic mass is 9.99. The fourth-order valence-corrected chi connectivity index (χ4v) is 6.44. The molecule has 3 aromatic rings. The number of aryl methyl sites for hydroxylation is 1. The molecule has 1 atom stereocenters. The van der Waals surface area contributed by atoms with Gasteiger partial charge in [-0.3, -0.25) is 4.79 Å². The summed E-state index contributed by atoms with van der Waals surface area (Å²) in [5.41, 5.74) is 1.75. The molecule has 0 bridgehead atoms. The number of hydrogen-bond acceptors (Lipinski definition) is 4. The van der Waals surface area contributed by atoms with E-state index in [1.54, 1.807) is 36.4 Å². The van der Waals surface area contributed by atoms with E-state index < -0.39 is 15.9 Å². The fourth-order valence-electron chi connectivity index (χ4n) is 3.85. The Morgan fingerprint density at radius 3 is 2.75 bits per heavy atom. The third kappa shape index (κ3) is 4.46. The van der Waals surface area contributed by atoms with Gasteiger partial charge in [-0.05, 0) is 50.1 Å². The molecule has 2 aromatic carbocycles. The summed E-state index contributed by atoms with van der Waals surface area (Å²) in [5.74, 6) is -1.24. The molecule has 1 aliphatic rings. The first-order valence-corrected chi connectivity index (χ1v) is 12.6. The maximum absolute atomic E-state index is 13.7. The third-order valence-corrected chi connectivity index (χ3v) is 8.47. The van der Waals surface area contributed by atoms with E-state index in [1.807, 2.05) is 11.5 Å². The van der Waals surface area contributed by atoms with Gasteiger partial charge in [-0.25, -0.2) is 12.8 Å². The number of fused-ring (bicyclic) bond motifs is 1. The molecule has 168 valence electrons. The second-order valence-corrected chi connectivity index (χ2v) is 10.8. The normalized spacial score (nSPS) is 18.2. The number of aromatic nitrogens is 1. The van der Waals surface area contributed by atoms with Gasteiger partial charge in [-0.2, -0.15) is 9.30 Å². The zero-order valence-corrected chi connectivity index (χ0v) is 19.3. The summed E-state index contributed by atoms with van der Waals surface area (Å²) in [6.45, 7) is 6.55. The molecule has 0 saturated carbocycles. The molecule has 1 saturated heterocycles. The van der Waals surface area contributed by atoms with E-state index in [-0.39, 0.29) is 23.2 Å². The molecular formula is C23H24FN3O3S2. The van der Waals surface area contributed by atoms with Crippen LogP contribution in [0.1, 0.15) is 18.4 Å². The molecule has 32 heavy (non-hydrogen) atoms. The molecule has 1 aromatic heterocycles. The Bertz CT molecular complexity index is 1340. The Balaban J connectivity index is 1.62. The molecule has 1 aliphatic heterocycles. The SMILES string of the molecule is C=CCn1c(=NC(=O)C2CCCN(S(=O)(=O)c3ccc(C)cc3)C2)sc2cc(F)ccc21. The molecule has 2 heterocycles. The Hall–Kier alpha value is -2.62. The molecule has 6 nitrogen and oxygen atoms in total. The first kappa shape index (κ1) is 22.6. The lowest BCUT2D eigenvalue weighted by Crippen LogP contribution is -2.42. The number of thiazole rings is 1. The van der Waals surface area contributed by atoms with Crippen LogP contribution in [0.25, 0.3) is 10.2 Å². The molecule has 0 spiro atoms. The number of carbonyl (C=O) groups excluding carboxylic acids is 1. The largest absolute Gasteiger partial charge is 0.313 e. The lowest BCUT2D eigenvalue weighted by Gasteiger charge is -2.30. The van der Waals surface area contributed by atoms with E-state index in [9.17, 15) is 17.6 Å². The molecular weight excluding hydrogens is 449 g/mol. The van der Waals surface area contributed by atoms with E-state index in [0.29, 0.717) is 35.4 Å². The van der Waals surface area contributed by atoms with Crippen LogP contribution < -0.4 is 4.80 Å². The van der Waals surface area contributed by atoms with Gasteiger partial charge in [0.25, 0.3) is 5.91 Å². The maximum atomic E-state index is 13.7. The van der Waals surface area contributed by atoms with E-state index in [1.165, 1.54) is 27.8 Å². The summed E-state index contributed by atoms with van der Waals surface area (Å²) in [4.78, 5) is 18.0. The van der Waals surface area contributed by atoms with E-state index in [4.69, 9.17) is 0 Å². The van der Waals surface area contributed by atoms with Crippen molar-refractivity contribution in [3.05, 3.63) is 71.3 Å². The van der Waals surface area contributed by atoms with Gasteiger partial charge in [0.05, 0.1) is 21.0 Å². The fraction of sp³-hybridized carbons (Fsp3) is 0.304. The standard InChI is InChI=1S/C23H24FN3O3S2/c1-3-12-27-20-11-8-18(24)14-21(20)31-23(27)25-22(28)17-5-4-13-26(15-17)32(29,30)19-9-6-16(2)7-10-19/h3,6-11,14,17H,1,4-5,12-13,15H2,2H3. The third-order valence-electron chi connectivity index (χ3n) is 5.55. The van der Waals surface area contributed by atoms with Crippen molar-refractivity contribution in [3.63, 3.8) is 0 Å². The van der Waals surface area contributed by atoms with Gasteiger partial charge < -0.3 is 4.57 Å². The smallest absolute Gasteiger partial charge is 0.252 e. The van der Waals surface area contributed by atoms with Crippen molar-refractivity contribution < 1.29 is 17.6 Å². The number of allylic oxidation sites excluding steroid dienone is 1. The first-order valence-electron chi connectivity index (χ1n) is 10.3. The van der Waals surface area contributed by atoms with Crippen molar-refractivity contribution in [2.75, 3.05) is 13.1 Å². The van der Waals surface area contributed by atoms with Crippen molar-refractivity contribution in [3.8, 4) is 0 Å². The lowest BCUT2D eigenvalue weighted by molar-refractivity contribution is -0.122. The number of hydrogen-bond donors (Lipinski definition) is 0. The first-order chi connectivity index (χ1) is 15.3. The second-order valence-electron chi connectivity index (χ2n) is 7.86. The molecule has 4 rings (SSSR count). The zero-order chi connectivity index (χ0) is 22.9. The highest BCUT2D eigenvalue weighted by Crippen LogP contribution is 2.25. The quantitative estimate of drug-likeness (QED) is 0.528. The van der Waals surface area contributed by atoms with Crippen molar-refractivity contribution in [1.82, 2.24) is 8.87 Å². The number of benzene rings is 2. The highest BCUT2D eigenvalue weighted by Gasteiger charge is 2.33. The average Bonchev–Trinajstić information content (AvgIpc) is 3.10. The molecule has 1 unspecified atom stereocenters. The molecule has 0 N–H and O–H groups in total. The van der Waals surface area contributed by atoms with Gasteiger partial charge in [0.15, 0.2) is 4.80 Å². The molecule has 1 fully saturated rings. The van der Waals surface area contributed by atoms with Gasteiger partial charge >= 0.3 is 0 Å². The van der Waals surface area contributed by atoms with Crippen LogP contribution in [0.4, 0.5) is 4.39 Å². The Kier molecular flexibility index (Phi) is 6.41. The van der Waals surface area contributed by atoms with Crippen molar-refractivity contribution in [2.24, 2.45) is 10.9 Å². The summed E-state index contributed by atoms with van der Waals surface area (Å²) in [7, 11) is -3.68. The van der Waals surface area contributed by atoms with E-state index in [0.717, 1.165) is 11.1 Å². The van der Waals surface area contributed by atoms with Crippen molar-refractivity contribution in [2.45, 2.75) is 31.2 Å². The summed E-state index contributed by atoms with van der Waals surface area (Å²) >= 11 is 1.23. The van der Waals surface area contributed by atoms with Crippen LogP contribution in [0.2, 0.25) is 0 Å². The van der Waals surface area contributed by atoms with E-state index in [2.05, 4.69) is 11.6 Å². The predicted molar refractivity (Wildman–Crippen MR) is 123 cm³/mol. The molecule has 9 heteroatoms. The van der Waals surface area contributed by atoms with Crippen molar-refractivity contribution >= 4 is 37.5 Å². The van der Waals surface area contributed by atoms with Crippen LogP contribution in [0.15, 0.2) is 65.0 Å². The number of amides is 1. The highest BCUT2D eigenvalue weighted by molar-refractivity contribution is 7.89. The van der Waals surface area contributed by atoms with Gasteiger partial charge in [0, 0.05) is 19.6 Å². The van der Waals surface area contributed by atoms with Crippen LogP contribution in [0, 0.1) is 18.7 Å². The predicted octanol–water partition coefficient (Wildman–Crippen LogP) is 3.86. The number of rotatable bonds is 5. The second kappa shape index (κ2) is 9.09. The summed E-state index contributed by atoms with van der Waals surface area (Å²) in [6, 6.07) is 11.2. The molecule has 0 aliphatic carbocycles. The molecule has 1 amide bonds. The Morgan fingerprint density at radius 2 is 2.03 bits per heavy atom. The minimum Gasteiger partial charge on any atom is -0.313 e. The maximum Gasteiger partial charge on any atom is 0.252 e. The van der Waals surface area contributed by atoms with Crippen LogP contribution in [-0.4, -0.2) is 36.3 Å². The van der Waals surface area contributed by atoms with Crippen molar-refractivity contribution in [1.29, 1.82) is 0 Å². The number of piperidine rings is 1.